The molecule has 22 heavy (non-hydrogen) atoms. The summed E-state index contributed by atoms with van der Waals surface area (Å²) in [7, 11) is 1.67. The minimum atomic E-state index is 0. The van der Waals surface area contributed by atoms with E-state index in [4.69, 9.17) is 4.74 Å². The number of halogens is 1. The van der Waals surface area contributed by atoms with E-state index in [0.29, 0.717) is 12.5 Å². The minimum Gasteiger partial charge on any atom is -0.497 e. The van der Waals surface area contributed by atoms with Crippen molar-refractivity contribution in [1.29, 1.82) is 0 Å². The van der Waals surface area contributed by atoms with Crippen molar-refractivity contribution >= 4 is 18.3 Å². The molecule has 3 unspecified atom stereocenters. The van der Waals surface area contributed by atoms with Gasteiger partial charge in [0.2, 0.25) is 5.91 Å². The van der Waals surface area contributed by atoms with Crippen molar-refractivity contribution in [2.24, 2.45) is 0 Å². The number of benzene rings is 1. The van der Waals surface area contributed by atoms with Gasteiger partial charge >= 0.3 is 0 Å². The van der Waals surface area contributed by atoms with Crippen LogP contribution in [-0.2, 0) is 4.79 Å². The lowest BCUT2D eigenvalue weighted by Gasteiger charge is -2.39. The first-order valence-corrected chi connectivity index (χ1v) is 7.69. The van der Waals surface area contributed by atoms with Gasteiger partial charge < -0.3 is 15.0 Å². The SMILES string of the molecule is COc1cccc(C(C)CC(=O)N2CCNC(C)C2C)c1.Cl. The van der Waals surface area contributed by atoms with Crippen LogP contribution >= 0.6 is 12.4 Å². The van der Waals surface area contributed by atoms with Crippen LogP contribution in [0.15, 0.2) is 24.3 Å². The lowest BCUT2D eigenvalue weighted by molar-refractivity contribution is -0.135. The van der Waals surface area contributed by atoms with Gasteiger partial charge in [-0.3, -0.25) is 4.79 Å². The summed E-state index contributed by atoms with van der Waals surface area (Å²) in [6.45, 7) is 8.03. The fourth-order valence-corrected chi connectivity index (χ4v) is 2.85. The molecule has 0 saturated carbocycles. The van der Waals surface area contributed by atoms with Crippen molar-refractivity contribution < 1.29 is 9.53 Å². The van der Waals surface area contributed by atoms with Gasteiger partial charge in [0.05, 0.1) is 7.11 Å². The highest BCUT2D eigenvalue weighted by molar-refractivity contribution is 5.85. The molecule has 124 valence electrons. The number of carbonyl (C=O) groups excluding carboxylic acids is 1. The van der Waals surface area contributed by atoms with Crippen LogP contribution in [0.2, 0.25) is 0 Å². The van der Waals surface area contributed by atoms with Crippen LogP contribution < -0.4 is 10.1 Å². The zero-order chi connectivity index (χ0) is 15.4. The van der Waals surface area contributed by atoms with Crippen molar-refractivity contribution in [2.45, 2.75) is 45.2 Å². The lowest BCUT2D eigenvalue weighted by Crippen LogP contribution is -2.57. The Hall–Kier alpha value is -1.26. The molecule has 0 bridgehead atoms. The molecule has 1 amide bonds. The zero-order valence-electron chi connectivity index (χ0n) is 13.8. The summed E-state index contributed by atoms with van der Waals surface area (Å²) >= 11 is 0. The Bertz CT molecular complexity index is 495. The second kappa shape index (κ2) is 8.39. The molecule has 3 atom stereocenters. The third-order valence-electron chi connectivity index (χ3n) is 4.50. The van der Waals surface area contributed by atoms with Crippen LogP contribution in [0.5, 0.6) is 5.75 Å². The minimum absolute atomic E-state index is 0. The van der Waals surface area contributed by atoms with Gasteiger partial charge in [0.25, 0.3) is 0 Å². The quantitative estimate of drug-likeness (QED) is 0.925. The van der Waals surface area contributed by atoms with Crippen molar-refractivity contribution in [3.63, 3.8) is 0 Å². The summed E-state index contributed by atoms with van der Waals surface area (Å²) in [6.07, 6.45) is 0.546. The summed E-state index contributed by atoms with van der Waals surface area (Å²) in [5.41, 5.74) is 1.15. The van der Waals surface area contributed by atoms with Gasteiger partial charge in [-0.2, -0.15) is 0 Å². The van der Waals surface area contributed by atoms with E-state index in [9.17, 15) is 4.79 Å². The first kappa shape index (κ1) is 18.8. The maximum absolute atomic E-state index is 12.6. The van der Waals surface area contributed by atoms with Gasteiger partial charge in [0.1, 0.15) is 5.75 Å². The number of hydrogen-bond acceptors (Lipinski definition) is 3. The molecule has 1 aliphatic rings. The molecule has 0 aliphatic carbocycles. The normalized spacial score (nSPS) is 22.6. The fraction of sp³-hybridized carbons (Fsp3) is 0.588. The summed E-state index contributed by atoms with van der Waals surface area (Å²) in [5, 5.41) is 3.41. The molecule has 1 N–H and O–H groups in total. The van der Waals surface area contributed by atoms with Crippen LogP contribution in [0.25, 0.3) is 0 Å². The number of amides is 1. The molecule has 5 heteroatoms. The second-order valence-corrected chi connectivity index (χ2v) is 5.95. The van der Waals surface area contributed by atoms with Crippen molar-refractivity contribution in [2.75, 3.05) is 20.2 Å². The number of hydrogen-bond donors (Lipinski definition) is 1. The van der Waals surface area contributed by atoms with Crippen LogP contribution in [0.3, 0.4) is 0 Å². The van der Waals surface area contributed by atoms with E-state index in [-0.39, 0.29) is 30.3 Å². The van der Waals surface area contributed by atoms with Gasteiger partial charge in [0.15, 0.2) is 0 Å². The number of ether oxygens (including phenoxy) is 1. The first-order chi connectivity index (χ1) is 10.0. The third-order valence-corrected chi connectivity index (χ3v) is 4.50. The van der Waals surface area contributed by atoms with Crippen molar-refractivity contribution in [1.82, 2.24) is 10.2 Å². The maximum Gasteiger partial charge on any atom is 0.223 e. The number of methoxy groups -OCH3 is 1. The maximum atomic E-state index is 12.6. The molecule has 0 radical (unpaired) electrons. The van der Waals surface area contributed by atoms with E-state index >= 15 is 0 Å². The van der Waals surface area contributed by atoms with Crippen molar-refractivity contribution in [3.8, 4) is 5.75 Å². The molecule has 0 spiro atoms. The van der Waals surface area contributed by atoms with E-state index in [1.165, 1.54) is 0 Å². The van der Waals surface area contributed by atoms with E-state index in [2.05, 4.69) is 32.2 Å². The Morgan fingerprint density at radius 1 is 1.45 bits per heavy atom. The molecular formula is C17H27ClN2O2. The first-order valence-electron chi connectivity index (χ1n) is 7.69. The standard InChI is InChI=1S/C17H26N2O2.ClH/c1-12(15-6-5-7-16(11-15)21-4)10-17(20)19-9-8-18-13(2)14(19)3;/h5-7,11-14,18H,8-10H2,1-4H3;1H. The number of rotatable bonds is 4. The molecule has 1 saturated heterocycles. The lowest BCUT2D eigenvalue weighted by atomic mass is 9.96. The van der Waals surface area contributed by atoms with Gasteiger partial charge in [-0.15, -0.1) is 12.4 Å². The predicted molar refractivity (Wildman–Crippen MR) is 91.9 cm³/mol. The summed E-state index contributed by atoms with van der Waals surface area (Å²) in [4.78, 5) is 14.6. The summed E-state index contributed by atoms with van der Waals surface area (Å²) < 4.78 is 5.25. The molecule has 2 rings (SSSR count). The van der Waals surface area contributed by atoms with Gasteiger partial charge in [-0.1, -0.05) is 19.1 Å². The monoisotopic (exact) mass is 326 g/mol. The highest BCUT2D eigenvalue weighted by Gasteiger charge is 2.28. The molecule has 1 aliphatic heterocycles. The molecule has 1 aromatic rings. The molecular weight excluding hydrogens is 300 g/mol. The Morgan fingerprint density at radius 2 is 2.18 bits per heavy atom. The van der Waals surface area contributed by atoms with Gasteiger partial charge in [-0.05, 0) is 37.5 Å². The van der Waals surface area contributed by atoms with Gasteiger partial charge in [0, 0.05) is 31.6 Å². The summed E-state index contributed by atoms with van der Waals surface area (Å²) in [5.74, 6) is 1.28. The highest BCUT2D eigenvalue weighted by Crippen LogP contribution is 2.24. The second-order valence-electron chi connectivity index (χ2n) is 5.95. The Labute approximate surface area is 139 Å². The average molecular weight is 327 g/mol. The van der Waals surface area contributed by atoms with Crippen LogP contribution in [0.4, 0.5) is 0 Å². The van der Waals surface area contributed by atoms with E-state index in [1.54, 1.807) is 7.11 Å². The topological polar surface area (TPSA) is 41.6 Å². The number of piperazine rings is 1. The average Bonchev–Trinajstić information content (AvgIpc) is 2.49. The van der Waals surface area contributed by atoms with E-state index in [0.717, 1.165) is 24.4 Å². The van der Waals surface area contributed by atoms with Gasteiger partial charge in [-0.25, -0.2) is 0 Å². The van der Waals surface area contributed by atoms with Crippen molar-refractivity contribution in [3.05, 3.63) is 29.8 Å². The largest absolute Gasteiger partial charge is 0.497 e. The van der Waals surface area contributed by atoms with Crippen LogP contribution in [0, 0.1) is 0 Å². The third kappa shape index (κ3) is 4.37. The highest BCUT2D eigenvalue weighted by atomic mass is 35.5. The molecule has 1 aromatic carbocycles. The number of nitrogens with one attached hydrogen (secondary N) is 1. The Kier molecular flexibility index (Phi) is 7.17. The van der Waals surface area contributed by atoms with E-state index < -0.39 is 0 Å². The molecule has 0 aromatic heterocycles. The Balaban J connectivity index is 0.00000242. The predicted octanol–water partition coefficient (Wildman–Crippen LogP) is 2.82. The molecule has 4 nitrogen and oxygen atoms in total. The zero-order valence-corrected chi connectivity index (χ0v) is 14.7. The molecule has 1 fully saturated rings. The summed E-state index contributed by atoms with van der Waals surface area (Å²) in [6, 6.07) is 8.59. The Morgan fingerprint density at radius 3 is 2.86 bits per heavy atom. The number of nitrogens with zero attached hydrogens (tertiary/aromatic N) is 1. The number of carbonyl (C=O) groups is 1. The van der Waals surface area contributed by atoms with E-state index in [1.807, 2.05) is 23.1 Å². The van der Waals surface area contributed by atoms with Crippen LogP contribution in [0.1, 0.15) is 38.7 Å². The molecule has 1 heterocycles. The smallest absolute Gasteiger partial charge is 0.223 e. The fourth-order valence-electron chi connectivity index (χ4n) is 2.85. The van der Waals surface area contributed by atoms with Crippen LogP contribution in [-0.4, -0.2) is 43.1 Å².